The van der Waals surface area contributed by atoms with Gasteiger partial charge < -0.3 is 5.73 Å². The maximum absolute atomic E-state index is 9.05. The van der Waals surface area contributed by atoms with Crippen LogP contribution in [0.1, 0.15) is 18.4 Å². The largest absolute Gasteiger partial charge is 0.398 e. The molecule has 1 fully saturated rings. The van der Waals surface area contributed by atoms with Crippen molar-refractivity contribution < 1.29 is 0 Å². The van der Waals surface area contributed by atoms with E-state index in [1.165, 1.54) is 0 Å². The highest BCUT2D eigenvalue weighted by Gasteiger charge is 2.44. The van der Waals surface area contributed by atoms with E-state index in [1.54, 1.807) is 11.8 Å². The molecule has 1 saturated carbocycles. The third kappa shape index (κ3) is 1.36. The molecule has 0 bridgehead atoms. The van der Waals surface area contributed by atoms with Crippen molar-refractivity contribution >= 4 is 17.4 Å². The maximum Gasteiger partial charge on any atom is 0.0824 e. The molecule has 0 saturated heterocycles. The lowest BCUT2D eigenvalue weighted by Gasteiger charge is -2.09. The molecule has 1 aromatic rings. The summed E-state index contributed by atoms with van der Waals surface area (Å²) >= 11 is 1.63. The van der Waals surface area contributed by atoms with Gasteiger partial charge in [-0.25, -0.2) is 0 Å². The standard InChI is InChI=1S/C11H12N2S/c1-14-10-6-8(2-3-9(10)13)11(7-12)4-5-11/h2-3,6H,4-5,13H2,1H3. The molecule has 3 heteroatoms. The van der Waals surface area contributed by atoms with Crippen LogP contribution in [0.15, 0.2) is 23.1 Å². The van der Waals surface area contributed by atoms with Gasteiger partial charge >= 0.3 is 0 Å². The van der Waals surface area contributed by atoms with Crippen LogP contribution >= 0.6 is 11.8 Å². The Bertz CT molecular complexity index is 402. The number of anilines is 1. The van der Waals surface area contributed by atoms with Crippen molar-refractivity contribution in [3.05, 3.63) is 23.8 Å². The Labute approximate surface area is 88.1 Å². The molecule has 0 atom stereocenters. The maximum atomic E-state index is 9.05. The topological polar surface area (TPSA) is 49.8 Å². The summed E-state index contributed by atoms with van der Waals surface area (Å²) in [6.07, 6.45) is 3.98. The van der Waals surface area contributed by atoms with E-state index in [9.17, 15) is 0 Å². The molecule has 0 heterocycles. The van der Waals surface area contributed by atoms with Gasteiger partial charge in [-0.1, -0.05) is 6.07 Å². The van der Waals surface area contributed by atoms with Gasteiger partial charge in [-0.15, -0.1) is 11.8 Å². The molecule has 2 nitrogen and oxygen atoms in total. The number of nitrogens with two attached hydrogens (primary N) is 1. The number of thioether (sulfide) groups is 1. The van der Waals surface area contributed by atoms with E-state index in [1.807, 2.05) is 18.4 Å². The van der Waals surface area contributed by atoms with Crippen molar-refractivity contribution in [1.29, 1.82) is 5.26 Å². The predicted octanol–water partition coefficient (Wildman–Crippen LogP) is 2.55. The first-order valence-corrected chi connectivity index (χ1v) is 5.79. The molecule has 0 radical (unpaired) electrons. The lowest BCUT2D eigenvalue weighted by atomic mass is 9.98. The molecule has 1 aromatic carbocycles. The molecule has 0 aliphatic heterocycles. The SMILES string of the molecule is CSc1cc(C2(C#N)CC2)ccc1N. The van der Waals surface area contributed by atoms with Gasteiger partial charge in [0.25, 0.3) is 0 Å². The number of nitriles is 1. The van der Waals surface area contributed by atoms with Gasteiger partial charge in [-0.2, -0.15) is 5.26 Å². The zero-order valence-electron chi connectivity index (χ0n) is 8.08. The zero-order chi connectivity index (χ0) is 10.2. The van der Waals surface area contributed by atoms with Crippen LogP contribution in [0.4, 0.5) is 5.69 Å². The summed E-state index contributed by atoms with van der Waals surface area (Å²) in [7, 11) is 0. The Morgan fingerprint density at radius 3 is 2.71 bits per heavy atom. The van der Waals surface area contributed by atoms with E-state index in [-0.39, 0.29) is 5.41 Å². The molecular formula is C11H12N2S. The van der Waals surface area contributed by atoms with E-state index in [0.717, 1.165) is 29.0 Å². The minimum atomic E-state index is -0.196. The van der Waals surface area contributed by atoms with Gasteiger partial charge in [0.2, 0.25) is 0 Å². The van der Waals surface area contributed by atoms with Gasteiger partial charge in [0.1, 0.15) is 0 Å². The summed E-state index contributed by atoms with van der Waals surface area (Å²) in [4.78, 5) is 1.07. The van der Waals surface area contributed by atoms with Crippen LogP contribution < -0.4 is 5.73 Å². The molecule has 2 N–H and O–H groups in total. The molecule has 0 unspecified atom stereocenters. The molecule has 0 aromatic heterocycles. The highest BCUT2D eigenvalue weighted by atomic mass is 32.2. The van der Waals surface area contributed by atoms with Crippen LogP contribution in [0.2, 0.25) is 0 Å². The normalized spacial score (nSPS) is 17.4. The highest BCUT2D eigenvalue weighted by Crippen LogP contribution is 2.48. The second-order valence-electron chi connectivity index (χ2n) is 3.65. The molecule has 1 aliphatic carbocycles. The number of hydrogen-bond acceptors (Lipinski definition) is 3. The minimum Gasteiger partial charge on any atom is -0.398 e. The first-order valence-electron chi connectivity index (χ1n) is 4.57. The summed E-state index contributed by atoms with van der Waals surface area (Å²) in [5, 5.41) is 9.05. The third-order valence-corrected chi connectivity index (χ3v) is 3.54. The lowest BCUT2D eigenvalue weighted by molar-refractivity contribution is 0.903. The third-order valence-electron chi connectivity index (χ3n) is 2.75. The van der Waals surface area contributed by atoms with Gasteiger partial charge in [-0.3, -0.25) is 0 Å². The summed E-state index contributed by atoms with van der Waals surface area (Å²) in [6.45, 7) is 0. The van der Waals surface area contributed by atoms with Crippen LogP contribution in [0.3, 0.4) is 0 Å². The summed E-state index contributed by atoms with van der Waals surface area (Å²) < 4.78 is 0. The second kappa shape index (κ2) is 3.21. The first-order chi connectivity index (χ1) is 6.72. The van der Waals surface area contributed by atoms with Crippen LogP contribution in [0.25, 0.3) is 0 Å². The molecule has 0 spiro atoms. The summed E-state index contributed by atoms with van der Waals surface area (Å²) in [6, 6.07) is 8.32. The van der Waals surface area contributed by atoms with Crippen molar-refractivity contribution in [3.63, 3.8) is 0 Å². The highest BCUT2D eigenvalue weighted by molar-refractivity contribution is 7.98. The monoisotopic (exact) mass is 204 g/mol. The van der Waals surface area contributed by atoms with Gasteiger partial charge in [0, 0.05) is 10.6 Å². The van der Waals surface area contributed by atoms with Crippen molar-refractivity contribution in [2.75, 3.05) is 12.0 Å². The Hall–Kier alpha value is -1.14. The minimum absolute atomic E-state index is 0.196. The predicted molar refractivity (Wildman–Crippen MR) is 59.2 cm³/mol. The van der Waals surface area contributed by atoms with Crippen molar-refractivity contribution in [1.82, 2.24) is 0 Å². The Morgan fingerprint density at radius 2 is 2.21 bits per heavy atom. The van der Waals surface area contributed by atoms with Crippen LogP contribution in [-0.2, 0) is 5.41 Å². The molecule has 1 aliphatic rings. The number of hydrogen-bond donors (Lipinski definition) is 1. The van der Waals surface area contributed by atoms with Crippen LogP contribution in [-0.4, -0.2) is 6.26 Å². The fourth-order valence-electron chi connectivity index (χ4n) is 1.60. The van der Waals surface area contributed by atoms with Crippen molar-refractivity contribution in [3.8, 4) is 6.07 Å². The zero-order valence-corrected chi connectivity index (χ0v) is 8.90. The Morgan fingerprint density at radius 1 is 1.50 bits per heavy atom. The molecule has 72 valence electrons. The lowest BCUT2D eigenvalue weighted by Crippen LogP contribution is -2.03. The average Bonchev–Trinajstić information content (AvgIpc) is 2.99. The van der Waals surface area contributed by atoms with Gasteiger partial charge in [0.05, 0.1) is 11.5 Å². The smallest absolute Gasteiger partial charge is 0.0824 e. The van der Waals surface area contributed by atoms with E-state index >= 15 is 0 Å². The van der Waals surface area contributed by atoms with Crippen molar-refractivity contribution in [2.24, 2.45) is 0 Å². The van der Waals surface area contributed by atoms with Crippen LogP contribution in [0, 0.1) is 11.3 Å². The van der Waals surface area contributed by atoms with E-state index in [2.05, 4.69) is 12.1 Å². The first kappa shape index (κ1) is 9.42. The average molecular weight is 204 g/mol. The van der Waals surface area contributed by atoms with Gasteiger partial charge in [0.15, 0.2) is 0 Å². The van der Waals surface area contributed by atoms with E-state index in [0.29, 0.717) is 0 Å². The fourth-order valence-corrected chi connectivity index (χ4v) is 2.15. The van der Waals surface area contributed by atoms with Crippen LogP contribution in [0.5, 0.6) is 0 Å². The van der Waals surface area contributed by atoms with E-state index < -0.39 is 0 Å². The molecule has 0 amide bonds. The number of nitrogen functional groups attached to an aromatic ring is 1. The van der Waals surface area contributed by atoms with Gasteiger partial charge in [-0.05, 0) is 36.8 Å². The summed E-state index contributed by atoms with van der Waals surface area (Å²) in [5.74, 6) is 0. The van der Waals surface area contributed by atoms with Crippen molar-refractivity contribution in [2.45, 2.75) is 23.2 Å². The molecule has 2 rings (SSSR count). The number of rotatable bonds is 2. The number of nitrogens with zero attached hydrogens (tertiary/aromatic N) is 1. The molecule has 14 heavy (non-hydrogen) atoms. The Kier molecular flexibility index (Phi) is 2.16. The Balaban J connectivity index is 2.42. The fraction of sp³-hybridized carbons (Fsp3) is 0.364. The van der Waals surface area contributed by atoms with E-state index in [4.69, 9.17) is 11.0 Å². The summed E-state index contributed by atoms with van der Waals surface area (Å²) in [5.41, 5.74) is 7.53. The quantitative estimate of drug-likeness (QED) is 0.595. The second-order valence-corrected chi connectivity index (χ2v) is 4.50. The molecular weight excluding hydrogens is 192 g/mol. The number of benzene rings is 1.